The molecule has 2 rings (SSSR count). The molecule has 1 aliphatic rings. The number of nitrogens with two attached hydrogens (primary N) is 1. The Morgan fingerprint density at radius 2 is 1.95 bits per heavy atom. The number of nitrogens with zero attached hydrogens (tertiary/aromatic N) is 1. The van der Waals surface area contributed by atoms with Crippen molar-refractivity contribution < 1.29 is 14.6 Å². The minimum absolute atomic E-state index is 0.215. The molecule has 0 saturated carbocycles. The highest BCUT2D eigenvalue weighted by atomic mass is 16.6. The minimum atomic E-state index is 0.215. The van der Waals surface area contributed by atoms with Gasteiger partial charge in [0.05, 0.1) is 0 Å². The van der Waals surface area contributed by atoms with Crippen molar-refractivity contribution in [3.8, 4) is 11.5 Å². The summed E-state index contributed by atoms with van der Waals surface area (Å²) in [5, 5.41) is 8.90. The Morgan fingerprint density at radius 3 is 2.58 bits per heavy atom. The van der Waals surface area contributed by atoms with Crippen LogP contribution in [0.4, 0.5) is 5.69 Å². The van der Waals surface area contributed by atoms with E-state index in [-0.39, 0.29) is 6.61 Å². The van der Waals surface area contributed by atoms with Crippen LogP contribution in [0.25, 0.3) is 0 Å². The fourth-order valence-electron chi connectivity index (χ4n) is 2.17. The SMILES string of the molecule is CCN(CCCO)Cc1cc2c(cc1N)OCCO2. The predicted molar refractivity (Wildman–Crippen MR) is 74.5 cm³/mol. The fraction of sp³-hybridized carbons (Fsp3) is 0.571. The topological polar surface area (TPSA) is 68.0 Å². The van der Waals surface area contributed by atoms with E-state index in [2.05, 4.69) is 11.8 Å². The number of fused-ring (bicyclic) bond motifs is 1. The Balaban J connectivity index is 2.10. The molecule has 1 heterocycles. The molecule has 5 heteroatoms. The van der Waals surface area contributed by atoms with Crippen molar-refractivity contribution in [2.75, 3.05) is 38.6 Å². The molecular formula is C14H22N2O3. The molecule has 1 aromatic rings. The van der Waals surface area contributed by atoms with Crippen LogP contribution < -0.4 is 15.2 Å². The van der Waals surface area contributed by atoms with Crippen LogP contribution in [0.1, 0.15) is 18.9 Å². The van der Waals surface area contributed by atoms with E-state index in [4.69, 9.17) is 20.3 Å². The normalized spacial score (nSPS) is 13.8. The lowest BCUT2D eigenvalue weighted by Gasteiger charge is -2.24. The zero-order valence-corrected chi connectivity index (χ0v) is 11.4. The molecule has 0 fully saturated rings. The number of hydrogen-bond acceptors (Lipinski definition) is 5. The summed E-state index contributed by atoms with van der Waals surface area (Å²) in [6.45, 7) is 6.02. The van der Waals surface area contributed by atoms with E-state index >= 15 is 0 Å². The molecule has 19 heavy (non-hydrogen) atoms. The van der Waals surface area contributed by atoms with Gasteiger partial charge in [0.15, 0.2) is 11.5 Å². The number of rotatable bonds is 6. The summed E-state index contributed by atoms with van der Waals surface area (Å²) >= 11 is 0. The lowest BCUT2D eigenvalue weighted by atomic mass is 10.1. The molecule has 0 aliphatic carbocycles. The largest absolute Gasteiger partial charge is 0.486 e. The summed E-state index contributed by atoms with van der Waals surface area (Å²) in [4.78, 5) is 2.25. The molecule has 0 amide bonds. The average Bonchev–Trinajstić information content (AvgIpc) is 2.43. The molecule has 3 N–H and O–H groups in total. The lowest BCUT2D eigenvalue weighted by molar-refractivity contribution is 0.171. The molecule has 1 aromatic carbocycles. The summed E-state index contributed by atoms with van der Waals surface area (Å²) in [5.74, 6) is 1.50. The molecule has 0 bridgehead atoms. The zero-order chi connectivity index (χ0) is 13.7. The number of nitrogen functional groups attached to an aromatic ring is 1. The van der Waals surface area contributed by atoms with E-state index in [1.165, 1.54) is 0 Å². The third-order valence-electron chi connectivity index (χ3n) is 3.28. The van der Waals surface area contributed by atoms with Crippen molar-refractivity contribution in [2.45, 2.75) is 19.9 Å². The van der Waals surface area contributed by atoms with E-state index in [0.29, 0.717) is 13.2 Å². The smallest absolute Gasteiger partial charge is 0.163 e. The molecule has 0 radical (unpaired) electrons. The minimum Gasteiger partial charge on any atom is -0.486 e. The maximum absolute atomic E-state index is 8.90. The Labute approximate surface area is 113 Å². The number of aliphatic hydroxyl groups is 1. The zero-order valence-electron chi connectivity index (χ0n) is 11.4. The second-order valence-electron chi connectivity index (χ2n) is 4.64. The van der Waals surface area contributed by atoms with Gasteiger partial charge in [0, 0.05) is 31.5 Å². The standard InChI is InChI=1S/C14H22N2O3/c1-2-16(4-3-5-17)10-11-8-13-14(9-12(11)15)19-7-6-18-13/h8-9,17H,2-7,10,15H2,1H3. The molecule has 0 unspecified atom stereocenters. The van der Waals surface area contributed by atoms with E-state index in [9.17, 15) is 0 Å². The maximum atomic E-state index is 8.90. The van der Waals surface area contributed by atoms with Gasteiger partial charge < -0.3 is 20.3 Å². The molecule has 5 nitrogen and oxygen atoms in total. The fourth-order valence-corrected chi connectivity index (χ4v) is 2.17. The van der Waals surface area contributed by atoms with Crippen molar-refractivity contribution in [2.24, 2.45) is 0 Å². The summed E-state index contributed by atoms with van der Waals surface area (Å²) < 4.78 is 11.1. The quantitative estimate of drug-likeness (QED) is 0.758. The highest BCUT2D eigenvalue weighted by Crippen LogP contribution is 2.34. The predicted octanol–water partition coefficient (Wildman–Crippen LogP) is 1.24. The van der Waals surface area contributed by atoms with Crippen molar-refractivity contribution in [1.82, 2.24) is 4.90 Å². The Hall–Kier alpha value is -1.46. The van der Waals surface area contributed by atoms with Crippen LogP contribution in [-0.2, 0) is 6.54 Å². The second-order valence-corrected chi connectivity index (χ2v) is 4.64. The first kappa shape index (κ1) is 14.0. The van der Waals surface area contributed by atoms with Crippen molar-refractivity contribution in [1.29, 1.82) is 0 Å². The molecule has 0 saturated heterocycles. The number of hydrogen-bond donors (Lipinski definition) is 2. The van der Waals surface area contributed by atoms with Crippen LogP contribution in [0.3, 0.4) is 0 Å². The molecule has 1 aliphatic heterocycles. The Bertz CT molecular complexity index is 423. The number of anilines is 1. The van der Waals surface area contributed by atoms with E-state index in [0.717, 1.165) is 48.8 Å². The molecular weight excluding hydrogens is 244 g/mol. The van der Waals surface area contributed by atoms with Gasteiger partial charge in [-0.05, 0) is 24.6 Å². The monoisotopic (exact) mass is 266 g/mol. The van der Waals surface area contributed by atoms with Crippen molar-refractivity contribution in [3.63, 3.8) is 0 Å². The van der Waals surface area contributed by atoms with Crippen LogP contribution >= 0.6 is 0 Å². The highest BCUT2D eigenvalue weighted by Gasteiger charge is 2.15. The van der Waals surface area contributed by atoms with E-state index in [1.807, 2.05) is 12.1 Å². The number of aliphatic hydroxyl groups excluding tert-OH is 1. The van der Waals surface area contributed by atoms with E-state index < -0.39 is 0 Å². The molecule has 106 valence electrons. The highest BCUT2D eigenvalue weighted by molar-refractivity contribution is 5.58. The third kappa shape index (κ3) is 3.52. The number of ether oxygens (including phenoxy) is 2. The van der Waals surface area contributed by atoms with Gasteiger partial charge in [0.25, 0.3) is 0 Å². The van der Waals surface area contributed by atoms with Crippen molar-refractivity contribution >= 4 is 5.69 Å². The first-order valence-corrected chi connectivity index (χ1v) is 6.75. The second kappa shape index (κ2) is 6.63. The van der Waals surface area contributed by atoms with Crippen LogP contribution in [0, 0.1) is 0 Å². The maximum Gasteiger partial charge on any atom is 0.163 e. The summed E-state index contributed by atoms with van der Waals surface area (Å²) in [5.41, 5.74) is 7.84. The van der Waals surface area contributed by atoms with Crippen LogP contribution in [0.15, 0.2) is 12.1 Å². The van der Waals surface area contributed by atoms with Crippen molar-refractivity contribution in [3.05, 3.63) is 17.7 Å². The first-order chi connectivity index (χ1) is 9.24. The van der Waals surface area contributed by atoms with Gasteiger partial charge in [0.2, 0.25) is 0 Å². The van der Waals surface area contributed by atoms with Gasteiger partial charge >= 0.3 is 0 Å². The van der Waals surface area contributed by atoms with Gasteiger partial charge in [-0.2, -0.15) is 0 Å². The first-order valence-electron chi connectivity index (χ1n) is 6.75. The lowest BCUT2D eigenvalue weighted by Crippen LogP contribution is -2.25. The molecule has 0 aromatic heterocycles. The summed E-state index contributed by atoms with van der Waals surface area (Å²) in [6, 6.07) is 3.80. The Kier molecular flexibility index (Phi) is 4.87. The molecule has 0 spiro atoms. The average molecular weight is 266 g/mol. The van der Waals surface area contributed by atoms with Gasteiger partial charge in [0.1, 0.15) is 13.2 Å². The van der Waals surface area contributed by atoms with E-state index in [1.54, 1.807) is 0 Å². The third-order valence-corrected chi connectivity index (χ3v) is 3.28. The van der Waals surface area contributed by atoms with Crippen LogP contribution in [0.5, 0.6) is 11.5 Å². The van der Waals surface area contributed by atoms with Gasteiger partial charge in [-0.3, -0.25) is 4.90 Å². The summed E-state index contributed by atoms with van der Waals surface area (Å²) in [6.07, 6.45) is 0.776. The van der Waals surface area contributed by atoms with Gasteiger partial charge in [-0.25, -0.2) is 0 Å². The van der Waals surface area contributed by atoms with Crippen LogP contribution in [-0.4, -0.2) is 42.9 Å². The summed E-state index contributed by atoms with van der Waals surface area (Å²) in [7, 11) is 0. The van der Waals surface area contributed by atoms with Gasteiger partial charge in [-0.15, -0.1) is 0 Å². The Morgan fingerprint density at radius 1 is 1.26 bits per heavy atom. The van der Waals surface area contributed by atoms with Gasteiger partial charge in [-0.1, -0.05) is 6.92 Å². The van der Waals surface area contributed by atoms with Crippen LogP contribution in [0.2, 0.25) is 0 Å². The number of benzene rings is 1. The molecule has 0 atom stereocenters.